The normalized spacial score (nSPS) is 15.2. The molecule has 2 aromatic rings. The molecule has 0 bridgehead atoms. The van der Waals surface area contributed by atoms with E-state index in [-0.39, 0.29) is 0 Å². The van der Waals surface area contributed by atoms with E-state index >= 15 is 0 Å². The number of hydrogen-bond acceptors (Lipinski definition) is 2. The summed E-state index contributed by atoms with van der Waals surface area (Å²) in [5, 5.41) is 6.50. The first-order valence-electron chi connectivity index (χ1n) is 7.19. The lowest BCUT2D eigenvalue weighted by atomic mass is 10.0. The lowest BCUT2D eigenvalue weighted by molar-refractivity contribution is 0.644. The monoisotopic (exact) mass is 264 g/mol. The van der Waals surface area contributed by atoms with Gasteiger partial charge in [-0.3, -0.25) is 0 Å². The molecule has 2 heterocycles. The Morgan fingerprint density at radius 2 is 1.50 bits per heavy atom. The molecule has 0 saturated carbocycles. The van der Waals surface area contributed by atoms with E-state index in [9.17, 15) is 0 Å². The molecule has 0 saturated heterocycles. The minimum atomic E-state index is 0.965. The Morgan fingerprint density at radius 3 is 2.30 bits per heavy atom. The van der Waals surface area contributed by atoms with Crippen molar-refractivity contribution < 1.29 is 0 Å². The highest BCUT2D eigenvalue weighted by Crippen LogP contribution is 2.13. The summed E-state index contributed by atoms with van der Waals surface area (Å²) in [5.74, 6) is 0. The van der Waals surface area contributed by atoms with Crippen molar-refractivity contribution in [2.75, 3.05) is 6.54 Å². The van der Waals surface area contributed by atoms with E-state index in [1.165, 1.54) is 28.7 Å². The summed E-state index contributed by atoms with van der Waals surface area (Å²) in [4.78, 5) is 0. The highest BCUT2D eigenvalue weighted by molar-refractivity contribution is 5.55. The van der Waals surface area contributed by atoms with E-state index in [1.54, 1.807) is 0 Å². The fourth-order valence-electron chi connectivity index (χ4n) is 2.60. The molecule has 102 valence electrons. The van der Waals surface area contributed by atoms with Crippen LogP contribution in [0.25, 0.3) is 6.08 Å². The maximum atomic E-state index is 3.34. The second-order valence-electron chi connectivity index (χ2n) is 5.11. The van der Waals surface area contributed by atoms with Gasteiger partial charge in [-0.2, -0.15) is 0 Å². The van der Waals surface area contributed by atoms with Gasteiger partial charge in [-0.15, -0.1) is 0 Å². The van der Waals surface area contributed by atoms with E-state index in [0.717, 1.165) is 19.6 Å². The summed E-state index contributed by atoms with van der Waals surface area (Å²) < 4.78 is 0. The molecule has 2 nitrogen and oxygen atoms in total. The molecule has 0 fully saturated rings. The molecule has 2 aromatic carbocycles. The summed E-state index contributed by atoms with van der Waals surface area (Å²) in [7, 11) is 0. The molecule has 0 spiro atoms. The van der Waals surface area contributed by atoms with Crippen LogP contribution in [-0.4, -0.2) is 6.54 Å². The summed E-state index contributed by atoms with van der Waals surface area (Å²) in [6.07, 6.45) is 5.28. The molecule has 20 heavy (non-hydrogen) atoms. The quantitative estimate of drug-likeness (QED) is 0.764. The Bertz CT molecular complexity index is 577. The van der Waals surface area contributed by atoms with E-state index in [4.69, 9.17) is 0 Å². The Labute approximate surface area is 120 Å². The standard InChI is InChI=1S/C9H11N.C9H9N/c2*1-2-4-9-7-10-6-5-8(9)3-1/h1-4,10H,5-7H2;1-6,10H,7H2. The fraction of sp³-hybridized carbons (Fsp3) is 0.222. The van der Waals surface area contributed by atoms with Crippen molar-refractivity contribution in [1.29, 1.82) is 0 Å². The molecule has 2 N–H and O–H groups in total. The van der Waals surface area contributed by atoms with Crippen molar-refractivity contribution >= 4 is 6.08 Å². The van der Waals surface area contributed by atoms with Crippen LogP contribution >= 0.6 is 0 Å². The van der Waals surface area contributed by atoms with Crippen molar-refractivity contribution in [2.24, 2.45) is 0 Å². The predicted octanol–water partition coefficient (Wildman–Crippen LogP) is 3.09. The van der Waals surface area contributed by atoms with Gasteiger partial charge in [-0.25, -0.2) is 0 Å². The Hall–Kier alpha value is -2.06. The van der Waals surface area contributed by atoms with E-state index in [0.29, 0.717) is 0 Å². The number of hydrogen-bond donors (Lipinski definition) is 2. The average molecular weight is 264 g/mol. The summed E-state index contributed by atoms with van der Waals surface area (Å²) in [6, 6.07) is 17.0. The summed E-state index contributed by atoms with van der Waals surface area (Å²) in [6.45, 7) is 3.15. The van der Waals surface area contributed by atoms with E-state index in [1.807, 2.05) is 6.20 Å². The number of fused-ring (bicyclic) bond motifs is 2. The first kappa shape index (κ1) is 12.9. The zero-order valence-corrected chi connectivity index (χ0v) is 11.6. The molecule has 0 atom stereocenters. The molecular formula is C18H20N2. The van der Waals surface area contributed by atoms with Crippen molar-refractivity contribution in [3.63, 3.8) is 0 Å². The van der Waals surface area contributed by atoms with Gasteiger partial charge in [0.05, 0.1) is 0 Å². The largest absolute Gasteiger partial charge is 0.387 e. The fourth-order valence-corrected chi connectivity index (χ4v) is 2.60. The predicted molar refractivity (Wildman–Crippen MR) is 84.2 cm³/mol. The highest BCUT2D eigenvalue weighted by atomic mass is 14.9. The lowest BCUT2D eigenvalue weighted by Gasteiger charge is -2.15. The van der Waals surface area contributed by atoms with Crippen LogP contribution in [0.2, 0.25) is 0 Å². The molecular weight excluding hydrogens is 244 g/mol. The molecule has 0 aromatic heterocycles. The first-order valence-corrected chi connectivity index (χ1v) is 7.19. The molecule has 2 aliphatic heterocycles. The van der Waals surface area contributed by atoms with E-state index < -0.39 is 0 Å². The minimum absolute atomic E-state index is 0.965. The number of benzene rings is 2. The van der Waals surface area contributed by atoms with Crippen molar-refractivity contribution in [2.45, 2.75) is 19.5 Å². The molecule has 0 radical (unpaired) electrons. The van der Waals surface area contributed by atoms with Crippen molar-refractivity contribution in [3.05, 3.63) is 77.0 Å². The smallest absolute Gasteiger partial charge is 0.0401 e. The summed E-state index contributed by atoms with van der Waals surface area (Å²) >= 11 is 0. The third kappa shape index (κ3) is 3.09. The minimum Gasteiger partial charge on any atom is -0.387 e. The van der Waals surface area contributed by atoms with Crippen LogP contribution in [0.3, 0.4) is 0 Å². The zero-order valence-electron chi connectivity index (χ0n) is 11.6. The first-order chi connectivity index (χ1) is 9.93. The van der Waals surface area contributed by atoms with Gasteiger partial charge in [0.1, 0.15) is 0 Å². The SMILES string of the molecule is C1=Cc2ccccc2CN1.c1ccc2c(c1)CCNC2. The van der Waals surface area contributed by atoms with Crippen LogP contribution in [0, 0.1) is 0 Å². The van der Waals surface area contributed by atoms with Gasteiger partial charge in [-0.05, 0) is 47.5 Å². The van der Waals surface area contributed by atoms with Crippen LogP contribution in [0.1, 0.15) is 22.3 Å². The molecule has 0 unspecified atom stereocenters. The highest BCUT2D eigenvalue weighted by Gasteiger charge is 2.05. The molecule has 0 aliphatic carbocycles. The molecule has 4 rings (SSSR count). The summed E-state index contributed by atoms with van der Waals surface area (Å²) in [5.41, 5.74) is 5.70. The molecule has 0 amide bonds. The average Bonchev–Trinajstić information content (AvgIpc) is 2.56. The Balaban J connectivity index is 0.000000121. The second-order valence-corrected chi connectivity index (χ2v) is 5.11. The van der Waals surface area contributed by atoms with Crippen molar-refractivity contribution in [1.82, 2.24) is 10.6 Å². The maximum Gasteiger partial charge on any atom is 0.0401 e. The Morgan fingerprint density at radius 1 is 0.750 bits per heavy atom. The topological polar surface area (TPSA) is 24.1 Å². The number of nitrogens with one attached hydrogen (secondary N) is 2. The van der Waals surface area contributed by atoms with Gasteiger partial charge in [0.15, 0.2) is 0 Å². The molecule has 2 aliphatic rings. The maximum absolute atomic E-state index is 3.34. The van der Waals surface area contributed by atoms with Gasteiger partial charge in [0.25, 0.3) is 0 Å². The van der Waals surface area contributed by atoms with Crippen LogP contribution in [0.15, 0.2) is 54.7 Å². The van der Waals surface area contributed by atoms with Crippen LogP contribution in [-0.2, 0) is 19.5 Å². The Kier molecular flexibility index (Phi) is 4.14. The van der Waals surface area contributed by atoms with Gasteiger partial charge in [0, 0.05) is 13.1 Å². The van der Waals surface area contributed by atoms with Crippen LogP contribution in [0.4, 0.5) is 0 Å². The van der Waals surface area contributed by atoms with E-state index in [2.05, 4.69) is 65.2 Å². The zero-order chi connectivity index (χ0) is 13.6. The number of rotatable bonds is 0. The van der Waals surface area contributed by atoms with Crippen LogP contribution in [0.5, 0.6) is 0 Å². The van der Waals surface area contributed by atoms with Gasteiger partial charge in [-0.1, -0.05) is 48.5 Å². The third-order valence-electron chi connectivity index (χ3n) is 3.73. The lowest BCUT2D eigenvalue weighted by Crippen LogP contribution is -2.23. The van der Waals surface area contributed by atoms with Gasteiger partial charge >= 0.3 is 0 Å². The second kappa shape index (κ2) is 6.40. The third-order valence-corrected chi connectivity index (χ3v) is 3.73. The molecule has 2 heteroatoms. The van der Waals surface area contributed by atoms with Crippen molar-refractivity contribution in [3.8, 4) is 0 Å². The van der Waals surface area contributed by atoms with Crippen LogP contribution < -0.4 is 10.6 Å². The van der Waals surface area contributed by atoms with Gasteiger partial charge in [0.2, 0.25) is 0 Å². The van der Waals surface area contributed by atoms with Gasteiger partial charge < -0.3 is 10.6 Å².